The lowest BCUT2D eigenvalue weighted by Gasteiger charge is -2.37. The summed E-state index contributed by atoms with van der Waals surface area (Å²) in [6.07, 6.45) is 4.88. The molecule has 0 spiro atoms. The van der Waals surface area contributed by atoms with Gasteiger partial charge in [0.1, 0.15) is 42.0 Å². The van der Waals surface area contributed by atoms with Gasteiger partial charge < -0.3 is 24.4 Å². The van der Waals surface area contributed by atoms with Gasteiger partial charge in [-0.2, -0.15) is 20.1 Å². The highest BCUT2D eigenvalue weighted by Crippen LogP contribution is 2.42. The van der Waals surface area contributed by atoms with Crippen LogP contribution >= 0.6 is 9.90 Å². The Morgan fingerprint density at radius 2 is 1.60 bits per heavy atom. The number of aliphatic hydroxyl groups is 1. The van der Waals surface area contributed by atoms with E-state index in [4.69, 9.17) is 9.47 Å². The van der Waals surface area contributed by atoms with E-state index in [0.717, 1.165) is 55.1 Å². The van der Waals surface area contributed by atoms with Crippen molar-refractivity contribution in [3.8, 4) is 11.4 Å². The lowest BCUT2D eigenvalue weighted by molar-refractivity contribution is -0.0206. The quantitative estimate of drug-likeness (QED) is 0.183. The summed E-state index contributed by atoms with van der Waals surface area (Å²) in [5.74, 6) is -0.563. The minimum absolute atomic E-state index is 0. The van der Waals surface area contributed by atoms with Crippen LogP contribution in [-0.4, -0.2) is 79.7 Å². The van der Waals surface area contributed by atoms with E-state index in [2.05, 4.69) is 37.1 Å². The highest BCUT2D eigenvalue weighted by Gasteiger charge is 2.44. The van der Waals surface area contributed by atoms with Crippen molar-refractivity contribution in [1.82, 2.24) is 29.1 Å². The van der Waals surface area contributed by atoms with Crippen molar-refractivity contribution in [1.29, 1.82) is 0 Å². The van der Waals surface area contributed by atoms with Crippen LogP contribution in [-0.2, 0) is 16.9 Å². The Kier molecular flexibility index (Phi) is 11.4. The van der Waals surface area contributed by atoms with Crippen LogP contribution in [0, 0.1) is 17.6 Å². The fraction of sp³-hybridized carbons (Fsp3) is 0.405. The molecule has 0 bridgehead atoms. The van der Waals surface area contributed by atoms with Gasteiger partial charge in [0.25, 0.3) is 0 Å². The van der Waals surface area contributed by atoms with Crippen molar-refractivity contribution in [2.24, 2.45) is 5.92 Å². The minimum atomic E-state index is -1.02. The lowest BCUT2D eigenvalue weighted by atomic mass is 9.87. The second-order valence-electron chi connectivity index (χ2n) is 13.3. The smallest absolute Gasteiger partial charge is 0.350 e. The number of piperazine rings is 1. The van der Waals surface area contributed by atoms with E-state index in [0.29, 0.717) is 31.6 Å². The Balaban J connectivity index is 0.00000464. The standard InChI is InChI=1S/C37H42F2N8O4.H3P/c1-3-35(26(2)48)47-36(49)46(25-42-47)31-7-5-29(6-8-31)43-14-16-44(17-15-43)30-9-11-32(12-10-30)50-20-27-19-37(51-21-27,22-45-24-40-23-41-45)33-13-4-28(38)18-34(33)39;/h4-13,18,23-27,35,48H,3,14-17,19-22H2,1-2H3;1H3/t26-,27+,35-,37-;/m0./s1. The molecule has 2 saturated heterocycles. The number of anilines is 2. The highest BCUT2D eigenvalue weighted by atomic mass is 31.0. The fourth-order valence-electron chi connectivity index (χ4n) is 7.24. The van der Waals surface area contributed by atoms with Gasteiger partial charge >= 0.3 is 5.69 Å². The van der Waals surface area contributed by atoms with E-state index < -0.39 is 23.3 Å². The van der Waals surface area contributed by atoms with Crippen LogP contribution < -0.4 is 20.2 Å². The molecule has 2 aliphatic rings. The molecule has 12 nitrogen and oxygen atoms in total. The summed E-state index contributed by atoms with van der Waals surface area (Å²) in [6, 6.07) is 19.2. The van der Waals surface area contributed by atoms with Crippen molar-refractivity contribution in [3.05, 3.63) is 113 Å². The molecule has 1 unspecified atom stereocenters. The Bertz CT molecular complexity index is 1960. The molecular weight excluding hydrogens is 689 g/mol. The van der Waals surface area contributed by atoms with E-state index in [1.54, 1.807) is 17.9 Å². The zero-order valence-electron chi connectivity index (χ0n) is 29.4. The Labute approximate surface area is 304 Å². The first-order chi connectivity index (χ1) is 24.7. The van der Waals surface area contributed by atoms with E-state index in [9.17, 15) is 18.7 Å². The molecule has 2 aromatic heterocycles. The van der Waals surface area contributed by atoms with Crippen molar-refractivity contribution in [3.63, 3.8) is 0 Å². The van der Waals surface area contributed by atoms with E-state index in [1.165, 1.54) is 34.0 Å². The topological polar surface area (TPSA) is 116 Å². The maximum absolute atomic E-state index is 15.0. The molecule has 0 aliphatic carbocycles. The van der Waals surface area contributed by atoms with E-state index in [-0.39, 0.29) is 34.1 Å². The van der Waals surface area contributed by atoms with Gasteiger partial charge in [0.2, 0.25) is 0 Å². The molecular formula is C37H45F2N8O4P. The number of benzene rings is 3. The van der Waals surface area contributed by atoms with Crippen molar-refractivity contribution in [2.45, 2.75) is 51.0 Å². The average molecular weight is 735 g/mol. The third-order valence-electron chi connectivity index (χ3n) is 9.96. The number of nitrogens with zero attached hydrogens (tertiary/aromatic N) is 8. The van der Waals surface area contributed by atoms with Crippen molar-refractivity contribution >= 4 is 21.3 Å². The zero-order chi connectivity index (χ0) is 35.5. The lowest BCUT2D eigenvalue weighted by Crippen LogP contribution is -2.46. The van der Waals surface area contributed by atoms with Crippen LogP contribution in [0.3, 0.4) is 0 Å². The summed E-state index contributed by atoms with van der Waals surface area (Å²) >= 11 is 0. The van der Waals surface area contributed by atoms with Gasteiger partial charge in [0.15, 0.2) is 0 Å². The van der Waals surface area contributed by atoms with Crippen LogP contribution in [0.15, 0.2) is 90.5 Å². The predicted molar refractivity (Wildman–Crippen MR) is 198 cm³/mol. The third-order valence-corrected chi connectivity index (χ3v) is 9.96. The molecule has 276 valence electrons. The second-order valence-corrected chi connectivity index (χ2v) is 13.3. The van der Waals surface area contributed by atoms with Crippen LogP contribution in [0.2, 0.25) is 0 Å². The van der Waals surface area contributed by atoms with Crippen LogP contribution in [0.5, 0.6) is 5.75 Å². The molecule has 1 N–H and O–H groups in total. The number of halogens is 2. The Morgan fingerprint density at radius 3 is 2.19 bits per heavy atom. The summed E-state index contributed by atoms with van der Waals surface area (Å²) in [5.41, 5.74) is 1.93. The molecule has 0 amide bonds. The number of aliphatic hydroxyl groups excluding tert-OH is 1. The number of ether oxygens (including phenoxy) is 2. The Hall–Kier alpha value is -4.65. The number of hydrogen-bond acceptors (Lipinski definition) is 9. The molecule has 0 saturated carbocycles. The molecule has 2 fully saturated rings. The van der Waals surface area contributed by atoms with E-state index >= 15 is 0 Å². The summed E-state index contributed by atoms with van der Waals surface area (Å²) < 4.78 is 45.6. The largest absolute Gasteiger partial charge is 0.493 e. The van der Waals surface area contributed by atoms with Gasteiger partial charge in [-0.25, -0.2) is 32.5 Å². The normalized spacial score (nSPS) is 20.1. The molecule has 4 heterocycles. The number of aromatic nitrogens is 6. The first kappa shape index (κ1) is 37.1. The van der Waals surface area contributed by atoms with Crippen LogP contribution in [0.25, 0.3) is 5.69 Å². The summed E-state index contributed by atoms with van der Waals surface area (Å²) in [5, 5.41) is 18.5. The first-order valence-electron chi connectivity index (χ1n) is 17.3. The maximum atomic E-state index is 15.0. The molecule has 15 heteroatoms. The van der Waals surface area contributed by atoms with E-state index in [1.807, 2.05) is 43.3 Å². The molecule has 7 rings (SSSR count). The SMILES string of the molecule is CC[C@@H]([C@H](C)O)n1ncn(-c2ccc(N3CCN(c4ccc(OC[C@@H]5CO[C@@](Cn6cncn6)(c6ccc(F)cc6F)C5)cc4)CC3)cc2)c1=O.P. The van der Waals surface area contributed by atoms with Gasteiger partial charge in [-0.1, -0.05) is 13.0 Å². The molecule has 5 atom stereocenters. The summed E-state index contributed by atoms with van der Waals surface area (Å²) in [7, 11) is 0. The predicted octanol–water partition coefficient (Wildman–Crippen LogP) is 4.63. The minimum Gasteiger partial charge on any atom is -0.493 e. The number of rotatable bonds is 12. The van der Waals surface area contributed by atoms with Gasteiger partial charge in [-0.15, -0.1) is 0 Å². The van der Waals surface area contributed by atoms with Gasteiger partial charge in [-0.3, -0.25) is 0 Å². The zero-order valence-corrected chi connectivity index (χ0v) is 30.8. The molecule has 2 aliphatic heterocycles. The van der Waals surface area contributed by atoms with Gasteiger partial charge in [0, 0.05) is 55.1 Å². The molecule has 3 aromatic carbocycles. The summed E-state index contributed by atoms with van der Waals surface area (Å²) in [4.78, 5) is 21.7. The van der Waals surface area contributed by atoms with Crippen LogP contribution in [0.4, 0.5) is 20.2 Å². The Morgan fingerprint density at radius 1 is 0.942 bits per heavy atom. The van der Waals surface area contributed by atoms with Crippen molar-refractivity contribution < 1.29 is 23.4 Å². The van der Waals surface area contributed by atoms with Gasteiger partial charge in [0.05, 0.1) is 37.6 Å². The molecule has 0 radical (unpaired) electrons. The molecule has 5 aromatic rings. The third kappa shape index (κ3) is 7.74. The second kappa shape index (κ2) is 15.9. The summed E-state index contributed by atoms with van der Waals surface area (Å²) in [6.45, 7) is 7.97. The van der Waals surface area contributed by atoms with Gasteiger partial charge in [-0.05, 0) is 74.4 Å². The first-order valence-corrected chi connectivity index (χ1v) is 17.3. The number of hydrogen-bond donors (Lipinski definition) is 1. The fourth-order valence-corrected chi connectivity index (χ4v) is 7.24. The average Bonchev–Trinajstić information content (AvgIpc) is 3.90. The monoisotopic (exact) mass is 734 g/mol. The van der Waals surface area contributed by atoms with Crippen molar-refractivity contribution in [2.75, 3.05) is 49.2 Å². The van der Waals surface area contributed by atoms with Crippen LogP contribution in [0.1, 0.15) is 38.3 Å². The highest BCUT2D eigenvalue weighted by molar-refractivity contribution is 6.92. The molecule has 52 heavy (non-hydrogen) atoms. The maximum Gasteiger partial charge on any atom is 0.350 e.